The fourth-order valence-electron chi connectivity index (χ4n) is 1.40. The molecule has 2 atom stereocenters. The molecule has 0 bridgehead atoms. The Hall–Kier alpha value is -1.09. The normalized spacial score (nSPS) is 38.2. The number of carbonyl (C=O) groups is 2. The van der Waals surface area contributed by atoms with Gasteiger partial charge in [-0.3, -0.25) is 14.9 Å². The van der Waals surface area contributed by atoms with Crippen LogP contribution >= 0.6 is 11.6 Å². The quantitative estimate of drug-likeness (QED) is 0.436. The van der Waals surface area contributed by atoms with E-state index >= 15 is 0 Å². The number of carbonyl (C=O) groups excluding carboxylic acids is 2. The molecule has 2 aliphatic rings. The maximum absolute atomic E-state index is 11.2. The number of fused-ring (bicyclic) bond motifs is 1. The molecule has 1 fully saturated rings. The van der Waals surface area contributed by atoms with Crippen LogP contribution in [0.1, 0.15) is 0 Å². The Morgan fingerprint density at radius 3 is 2.83 bits per heavy atom. The van der Waals surface area contributed by atoms with E-state index in [2.05, 4.69) is 5.32 Å². The lowest BCUT2D eigenvalue weighted by atomic mass is 9.90. The van der Waals surface area contributed by atoms with Gasteiger partial charge in [-0.15, -0.1) is 11.6 Å². The van der Waals surface area contributed by atoms with Crippen molar-refractivity contribution in [1.29, 1.82) is 0 Å². The second-order valence-corrected chi connectivity index (χ2v) is 3.43. The van der Waals surface area contributed by atoms with Gasteiger partial charge in [-0.1, -0.05) is 24.3 Å². The van der Waals surface area contributed by atoms with E-state index in [1.807, 2.05) is 0 Å². The number of allylic oxidation sites excluding steroid dienone is 2. The standard InChI is InChI=1S/C8H6ClNO2/c9-8-4-2-1-3-5(8)6(11)10-7(8)12/h1-5H,(H,10,11,12). The highest BCUT2D eigenvalue weighted by Gasteiger charge is 2.51. The molecule has 1 aliphatic heterocycles. The van der Waals surface area contributed by atoms with Crippen molar-refractivity contribution in [2.75, 3.05) is 0 Å². The Bertz CT molecular complexity index is 321. The van der Waals surface area contributed by atoms with Crippen LogP contribution in [0.3, 0.4) is 0 Å². The Morgan fingerprint density at radius 1 is 1.42 bits per heavy atom. The molecule has 0 spiro atoms. The highest BCUT2D eigenvalue weighted by molar-refractivity contribution is 6.42. The molecule has 0 radical (unpaired) electrons. The number of hydrogen-bond acceptors (Lipinski definition) is 2. The summed E-state index contributed by atoms with van der Waals surface area (Å²) in [6, 6.07) is 0. The van der Waals surface area contributed by atoms with Crippen molar-refractivity contribution in [1.82, 2.24) is 5.32 Å². The summed E-state index contributed by atoms with van der Waals surface area (Å²) >= 11 is 5.95. The van der Waals surface area contributed by atoms with E-state index in [0.29, 0.717) is 0 Å². The van der Waals surface area contributed by atoms with Crippen LogP contribution in [0.4, 0.5) is 0 Å². The molecule has 1 heterocycles. The summed E-state index contributed by atoms with van der Waals surface area (Å²) in [6.07, 6.45) is 6.55. The van der Waals surface area contributed by atoms with Gasteiger partial charge in [-0.05, 0) is 0 Å². The minimum atomic E-state index is -1.17. The number of amides is 2. The maximum atomic E-state index is 11.2. The first kappa shape index (κ1) is 7.55. The summed E-state index contributed by atoms with van der Waals surface area (Å²) in [6.45, 7) is 0. The average Bonchev–Trinajstić information content (AvgIpc) is 2.25. The average molecular weight is 184 g/mol. The summed E-state index contributed by atoms with van der Waals surface area (Å²) in [5, 5.41) is 2.19. The van der Waals surface area contributed by atoms with Crippen molar-refractivity contribution in [2.45, 2.75) is 4.87 Å². The summed E-state index contributed by atoms with van der Waals surface area (Å²) < 4.78 is 0. The van der Waals surface area contributed by atoms with Crippen molar-refractivity contribution in [2.24, 2.45) is 5.92 Å². The molecular formula is C8H6ClNO2. The maximum Gasteiger partial charge on any atom is 0.252 e. The molecule has 2 amide bonds. The largest absolute Gasteiger partial charge is 0.294 e. The molecule has 0 aromatic heterocycles. The first-order valence-corrected chi connectivity index (χ1v) is 3.92. The van der Waals surface area contributed by atoms with E-state index in [4.69, 9.17) is 11.6 Å². The molecule has 62 valence electrons. The molecule has 4 heteroatoms. The van der Waals surface area contributed by atoms with Crippen LogP contribution < -0.4 is 5.32 Å². The van der Waals surface area contributed by atoms with E-state index in [0.717, 1.165) is 0 Å². The topological polar surface area (TPSA) is 46.2 Å². The van der Waals surface area contributed by atoms with Crippen molar-refractivity contribution in [3.63, 3.8) is 0 Å². The fourth-order valence-corrected chi connectivity index (χ4v) is 1.69. The fraction of sp³-hybridized carbons (Fsp3) is 0.250. The monoisotopic (exact) mass is 183 g/mol. The van der Waals surface area contributed by atoms with Crippen LogP contribution in [-0.4, -0.2) is 16.7 Å². The molecule has 0 aromatic carbocycles. The predicted molar refractivity (Wildman–Crippen MR) is 43.5 cm³/mol. The van der Waals surface area contributed by atoms with Gasteiger partial charge in [0.15, 0.2) is 4.87 Å². The van der Waals surface area contributed by atoms with Gasteiger partial charge in [-0.25, -0.2) is 0 Å². The number of imide groups is 1. The van der Waals surface area contributed by atoms with Crippen molar-refractivity contribution >= 4 is 23.4 Å². The SMILES string of the molecule is O=C1NC(=O)C2(Cl)C=CC=CC12. The third-order valence-electron chi connectivity index (χ3n) is 2.07. The third kappa shape index (κ3) is 0.770. The molecule has 3 nitrogen and oxygen atoms in total. The Balaban J connectivity index is 2.49. The van der Waals surface area contributed by atoms with Crippen molar-refractivity contribution in [3.8, 4) is 0 Å². The van der Waals surface area contributed by atoms with Gasteiger partial charge < -0.3 is 0 Å². The molecular weight excluding hydrogens is 178 g/mol. The van der Waals surface area contributed by atoms with Gasteiger partial charge in [0.05, 0.1) is 5.92 Å². The lowest BCUT2D eigenvalue weighted by molar-refractivity contribution is -0.125. The van der Waals surface area contributed by atoms with E-state index in [1.165, 1.54) is 0 Å². The van der Waals surface area contributed by atoms with Gasteiger partial charge in [0.1, 0.15) is 0 Å². The summed E-state index contributed by atoms with van der Waals surface area (Å²) in [7, 11) is 0. The Kier molecular flexibility index (Phi) is 1.38. The molecule has 1 saturated heterocycles. The molecule has 1 N–H and O–H groups in total. The van der Waals surface area contributed by atoms with Crippen LogP contribution in [0, 0.1) is 5.92 Å². The Morgan fingerprint density at radius 2 is 2.17 bits per heavy atom. The van der Waals surface area contributed by atoms with E-state index in [1.54, 1.807) is 24.3 Å². The van der Waals surface area contributed by atoms with Crippen LogP contribution in [0.25, 0.3) is 0 Å². The number of nitrogens with one attached hydrogen (secondary N) is 1. The summed E-state index contributed by atoms with van der Waals surface area (Å²) in [5.41, 5.74) is 0. The first-order chi connectivity index (χ1) is 5.64. The van der Waals surface area contributed by atoms with Crippen molar-refractivity contribution < 1.29 is 9.59 Å². The van der Waals surface area contributed by atoms with Gasteiger partial charge in [-0.2, -0.15) is 0 Å². The third-order valence-corrected chi connectivity index (χ3v) is 2.61. The Labute approximate surface area is 74.1 Å². The summed E-state index contributed by atoms with van der Waals surface area (Å²) in [4.78, 5) is 21.1. The van der Waals surface area contributed by atoms with Crippen LogP contribution in [0.2, 0.25) is 0 Å². The number of rotatable bonds is 0. The molecule has 2 rings (SSSR count). The van der Waals surface area contributed by atoms with Crippen LogP contribution in [0.15, 0.2) is 24.3 Å². The number of halogens is 1. The van der Waals surface area contributed by atoms with Gasteiger partial charge >= 0.3 is 0 Å². The zero-order valence-electron chi connectivity index (χ0n) is 6.08. The smallest absolute Gasteiger partial charge is 0.252 e. The van der Waals surface area contributed by atoms with Gasteiger partial charge in [0.2, 0.25) is 5.91 Å². The van der Waals surface area contributed by atoms with Gasteiger partial charge in [0.25, 0.3) is 5.91 Å². The molecule has 0 aromatic rings. The minimum Gasteiger partial charge on any atom is -0.294 e. The molecule has 1 aliphatic carbocycles. The second-order valence-electron chi connectivity index (χ2n) is 2.81. The molecule has 2 unspecified atom stereocenters. The van der Waals surface area contributed by atoms with Crippen LogP contribution in [0.5, 0.6) is 0 Å². The van der Waals surface area contributed by atoms with Crippen molar-refractivity contribution in [3.05, 3.63) is 24.3 Å². The highest BCUT2D eigenvalue weighted by Crippen LogP contribution is 2.35. The zero-order chi connectivity index (χ0) is 8.77. The van der Waals surface area contributed by atoms with Gasteiger partial charge in [0, 0.05) is 0 Å². The highest BCUT2D eigenvalue weighted by atomic mass is 35.5. The zero-order valence-corrected chi connectivity index (χ0v) is 6.84. The minimum absolute atomic E-state index is 0.324. The predicted octanol–water partition coefficient (Wildman–Crippen LogP) is 0.363. The lowest BCUT2D eigenvalue weighted by Crippen LogP contribution is -2.34. The molecule has 0 saturated carbocycles. The number of alkyl halides is 1. The lowest BCUT2D eigenvalue weighted by Gasteiger charge is -2.19. The van der Waals surface area contributed by atoms with E-state index in [9.17, 15) is 9.59 Å². The second kappa shape index (κ2) is 2.20. The van der Waals surface area contributed by atoms with E-state index < -0.39 is 16.7 Å². The first-order valence-electron chi connectivity index (χ1n) is 3.55. The number of hydrogen-bond donors (Lipinski definition) is 1. The summed E-state index contributed by atoms with van der Waals surface area (Å²) in [5.74, 6) is -1.30. The molecule has 12 heavy (non-hydrogen) atoms. The van der Waals surface area contributed by atoms with Crippen LogP contribution in [-0.2, 0) is 9.59 Å². The van der Waals surface area contributed by atoms with E-state index in [-0.39, 0.29) is 5.91 Å².